The van der Waals surface area contributed by atoms with E-state index in [2.05, 4.69) is 4.90 Å². The molecular weight excluding hydrogens is 433 g/mol. The molecule has 0 amide bonds. The zero-order valence-electron chi connectivity index (χ0n) is 20.4. The highest BCUT2D eigenvalue weighted by Crippen LogP contribution is 2.35. The molecule has 1 heterocycles. The molecule has 1 fully saturated rings. The number of benzene rings is 2. The van der Waals surface area contributed by atoms with Crippen LogP contribution >= 0.6 is 0 Å². The molecule has 1 aliphatic carbocycles. The monoisotopic (exact) mass is 467 g/mol. The minimum atomic E-state index is -0.611. The van der Waals surface area contributed by atoms with Crippen LogP contribution in [-0.2, 0) is 11.3 Å². The number of rotatable bonds is 10. The summed E-state index contributed by atoms with van der Waals surface area (Å²) in [6, 6.07) is 16.5. The summed E-state index contributed by atoms with van der Waals surface area (Å²) in [5, 5.41) is 15.4. The first-order chi connectivity index (χ1) is 16.2. The van der Waals surface area contributed by atoms with E-state index in [0.29, 0.717) is 25.0 Å². The summed E-state index contributed by atoms with van der Waals surface area (Å²) in [6.07, 6.45) is 1.56. The maximum Gasteiger partial charge on any atom is 0.227 e. The van der Waals surface area contributed by atoms with E-state index in [9.17, 15) is 9.50 Å². The van der Waals surface area contributed by atoms with Crippen LogP contribution in [0.15, 0.2) is 54.6 Å². The fourth-order valence-corrected chi connectivity index (χ4v) is 3.86. The highest BCUT2D eigenvalue weighted by molar-refractivity contribution is 5.43. The molecule has 0 radical (unpaired) electrons. The smallest absolute Gasteiger partial charge is 0.227 e. The highest BCUT2D eigenvalue weighted by Gasteiger charge is 2.33. The number of hydrogen-bond donors (Lipinski definition) is 1. The number of hydrogen-bond acceptors (Lipinski definition) is 5. The summed E-state index contributed by atoms with van der Waals surface area (Å²) in [7, 11) is 0. The predicted molar refractivity (Wildman–Crippen MR) is 130 cm³/mol. The summed E-state index contributed by atoms with van der Waals surface area (Å²) in [6.45, 7) is 9.17. The largest absolute Gasteiger partial charge is 0.435 e. The number of halogens is 1. The van der Waals surface area contributed by atoms with Crippen molar-refractivity contribution in [3.05, 3.63) is 71.7 Å². The number of aromatic nitrogens is 2. The molecule has 1 unspecified atom stereocenters. The van der Waals surface area contributed by atoms with E-state index < -0.39 is 11.9 Å². The second-order valence-corrected chi connectivity index (χ2v) is 9.89. The Labute approximate surface area is 200 Å². The molecule has 1 aliphatic rings. The van der Waals surface area contributed by atoms with Gasteiger partial charge in [-0.1, -0.05) is 30.3 Å². The Kier molecular flexibility index (Phi) is 7.36. The van der Waals surface area contributed by atoms with Crippen LogP contribution in [0.1, 0.15) is 44.9 Å². The van der Waals surface area contributed by atoms with Crippen molar-refractivity contribution in [2.75, 3.05) is 13.2 Å². The van der Waals surface area contributed by atoms with Crippen LogP contribution in [0.4, 0.5) is 4.39 Å². The van der Waals surface area contributed by atoms with Gasteiger partial charge in [-0.05, 0) is 64.8 Å². The van der Waals surface area contributed by atoms with Gasteiger partial charge in [0, 0.05) is 19.1 Å². The minimum absolute atomic E-state index is 0.150. The van der Waals surface area contributed by atoms with Crippen LogP contribution in [0.5, 0.6) is 11.6 Å². The third-order valence-electron chi connectivity index (χ3n) is 5.76. The average molecular weight is 468 g/mol. The van der Waals surface area contributed by atoms with Gasteiger partial charge in [-0.2, -0.15) is 5.10 Å². The summed E-state index contributed by atoms with van der Waals surface area (Å²) in [5.74, 6) is 0.206. The second-order valence-electron chi connectivity index (χ2n) is 9.89. The van der Waals surface area contributed by atoms with Crippen LogP contribution in [0, 0.1) is 12.7 Å². The number of aliphatic hydroxyl groups is 1. The van der Waals surface area contributed by atoms with Gasteiger partial charge < -0.3 is 14.6 Å². The molecule has 0 aliphatic heterocycles. The Morgan fingerprint density at radius 2 is 1.79 bits per heavy atom. The number of aryl methyl sites for hydroxylation is 1. The number of aliphatic hydroxyl groups excluding tert-OH is 1. The summed E-state index contributed by atoms with van der Waals surface area (Å²) in [4.78, 5) is 2.25. The van der Waals surface area contributed by atoms with E-state index in [4.69, 9.17) is 14.6 Å². The lowest BCUT2D eigenvalue weighted by atomic mass is 10.2. The molecule has 0 spiro atoms. The van der Waals surface area contributed by atoms with E-state index in [1.165, 1.54) is 6.07 Å². The van der Waals surface area contributed by atoms with E-state index >= 15 is 0 Å². The van der Waals surface area contributed by atoms with Gasteiger partial charge in [0.2, 0.25) is 5.88 Å². The molecule has 1 saturated carbocycles. The fraction of sp³-hybridized carbons (Fsp3) is 0.444. The zero-order chi connectivity index (χ0) is 24.3. The Balaban J connectivity index is 1.63. The molecule has 2 aromatic carbocycles. The molecule has 1 N–H and O–H groups in total. The van der Waals surface area contributed by atoms with Gasteiger partial charge in [-0.3, -0.25) is 4.90 Å². The van der Waals surface area contributed by atoms with Crippen LogP contribution in [0.2, 0.25) is 0 Å². The van der Waals surface area contributed by atoms with Gasteiger partial charge in [0.1, 0.15) is 0 Å². The number of para-hydroxylation sites is 2. The van der Waals surface area contributed by atoms with Gasteiger partial charge in [0.15, 0.2) is 11.6 Å². The maximum absolute atomic E-state index is 14.5. The third kappa shape index (κ3) is 6.23. The van der Waals surface area contributed by atoms with E-state index in [1.54, 1.807) is 22.9 Å². The van der Waals surface area contributed by atoms with Crippen molar-refractivity contribution < 1.29 is 19.0 Å². The second kappa shape index (κ2) is 10.3. The zero-order valence-corrected chi connectivity index (χ0v) is 20.4. The summed E-state index contributed by atoms with van der Waals surface area (Å²) < 4.78 is 28.2. The standard InChI is InChI=1S/C27H34FN3O3/c1-19-23(17-30(20-14-15-20)16-22(32)18-33-27(2,3)4)26(34-25-13-9-8-12-24(25)28)31(29-19)21-10-6-5-7-11-21/h5-13,20,22,32H,14-18H2,1-4H3. The fourth-order valence-electron chi connectivity index (χ4n) is 3.86. The normalized spacial score (nSPS) is 15.0. The molecule has 3 aromatic rings. The molecule has 182 valence electrons. The molecule has 1 aromatic heterocycles. The number of nitrogens with zero attached hydrogens (tertiary/aromatic N) is 3. The molecule has 1 atom stereocenters. The molecule has 34 heavy (non-hydrogen) atoms. The van der Waals surface area contributed by atoms with Crippen LogP contribution in [0.3, 0.4) is 0 Å². The first-order valence-corrected chi connectivity index (χ1v) is 11.8. The Morgan fingerprint density at radius 1 is 1.12 bits per heavy atom. The topological polar surface area (TPSA) is 59.8 Å². The first-order valence-electron chi connectivity index (χ1n) is 11.8. The van der Waals surface area contributed by atoms with E-state index in [1.807, 2.05) is 58.0 Å². The minimum Gasteiger partial charge on any atom is -0.435 e. The molecule has 6 nitrogen and oxygen atoms in total. The van der Waals surface area contributed by atoms with Gasteiger partial charge in [-0.25, -0.2) is 9.07 Å². The summed E-state index contributed by atoms with van der Waals surface area (Å²) >= 11 is 0. The van der Waals surface area contributed by atoms with Gasteiger partial charge >= 0.3 is 0 Å². The molecule has 7 heteroatoms. The van der Waals surface area contributed by atoms with Crippen LogP contribution in [-0.4, -0.2) is 50.7 Å². The van der Waals surface area contributed by atoms with Crippen molar-refractivity contribution in [1.82, 2.24) is 14.7 Å². The van der Waals surface area contributed by atoms with Crippen LogP contribution < -0.4 is 4.74 Å². The van der Waals surface area contributed by atoms with Gasteiger partial charge in [0.25, 0.3) is 0 Å². The summed E-state index contributed by atoms with van der Waals surface area (Å²) in [5.41, 5.74) is 2.21. The Morgan fingerprint density at radius 3 is 2.44 bits per heavy atom. The third-order valence-corrected chi connectivity index (χ3v) is 5.76. The number of ether oxygens (including phenoxy) is 2. The predicted octanol–water partition coefficient (Wildman–Crippen LogP) is 5.25. The SMILES string of the molecule is Cc1nn(-c2ccccc2)c(Oc2ccccc2F)c1CN(CC(O)COC(C)(C)C)C1CC1. The quantitative estimate of drug-likeness (QED) is 0.441. The van der Waals surface area contributed by atoms with Crippen molar-refractivity contribution in [3.63, 3.8) is 0 Å². The molecule has 0 bridgehead atoms. The highest BCUT2D eigenvalue weighted by atomic mass is 19.1. The van der Waals surface area contributed by atoms with Crippen molar-refractivity contribution >= 4 is 0 Å². The average Bonchev–Trinajstić information content (AvgIpc) is 3.60. The van der Waals surface area contributed by atoms with Crippen LogP contribution in [0.25, 0.3) is 5.69 Å². The Hall–Kier alpha value is -2.74. The van der Waals surface area contributed by atoms with Crippen molar-refractivity contribution in [1.29, 1.82) is 0 Å². The lowest BCUT2D eigenvalue weighted by Crippen LogP contribution is -2.38. The lowest BCUT2D eigenvalue weighted by molar-refractivity contribution is -0.0573. The van der Waals surface area contributed by atoms with Gasteiger partial charge in [0.05, 0.1) is 35.3 Å². The lowest BCUT2D eigenvalue weighted by Gasteiger charge is -2.27. The van der Waals surface area contributed by atoms with Crippen molar-refractivity contribution in [2.24, 2.45) is 0 Å². The molecule has 0 saturated heterocycles. The first kappa shape index (κ1) is 24.4. The van der Waals surface area contributed by atoms with Crippen molar-refractivity contribution in [2.45, 2.75) is 64.8 Å². The Bertz CT molecular complexity index is 1090. The maximum atomic E-state index is 14.5. The van der Waals surface area contributed by atoms with Crippen molar-refractivity contribution in [3.8, 4) is 17.3 Å². The molecular formula is C27H34FN3O3. The molecule has 4 rings (SSSR count). The van der Waals surface area contributed by atoms with Gasteiger partial charge in [-0.15, -0.1) is 0 Å². The van der Waals surface area contributed by atoms with E-state index in [0.717, 1.165) is 29.8 Å². The van der Waals surface area contributed by atoms with E-state index in [-0.39, 0.29) is 18.0 Å².